The number of aliphatic imine (C=N–C) groups is 1. The Kier molecular flexibility index (Phi) is 2.50. The molecule has 1 aliphatic heterocycles. The van der Waals surface area contributed by atoms with Gasteiger partial charge in [-0.25, -0.2) is 5.01 Å². The van der Waals surface area contributed by atoms with E-state index in [4.69, 9.17) is 0 Å². The van der Waals surface area contributed by atoms with E-state index < -0.39 is 0 Å². The molecular formula is C6H14N4. The normalized spacial score (nSPS) is 18.1. The first-order chi connectivity index (χ1) is 4.79. The van der Waals surface area contributed by atoms with Gasteiger partial charge in [0, 0.05) is 27.2 Å². The topological polar surface area (TPSA) is 39.7 Å². The van der Waals surface area contributed by atoms with E-state index in [0.717, 1.165) is 25.5 Å². The number of guanidine groups is 1. The lowest BCUT2D eigenvalue weighted by Gasteiger charge is -2.19. The Bertz CT molecular complexity index is 130. The van der Waals surface area contributed by atoms with Crippen LogP contribution in [-0.2, 0) is 0 Å². The average Bonchev–Trinajstić information content (AvgIpc) is 1.88. The van der Waals surface area contributed by atoms with Gasteiger partial charge in [-0.2, -0.15) is 0 Å². The van der Waals surface area contributed by atoms with Crippen LogP contribution in [0.3, 0.4) is 0 Å². The molecule has 0 spiro atoms. The van der Waals surface area contributed by atoms with Gasteiger partial charge in [-0.15, -0.1) is 0 Å². The molecule has 0 aliphatic carbocycles. The maximum Gasteiger partial charge on any atom is 0.206 e. The minimum Gasteiger partial charge on any atom is -0.355 e. The van der Waals surface area contributed by atoms with Crippen molar-refractivity contribution in [3.05, 3.63) is 0 Å². The quantitative estimate of drug-likeness (QED) is 0.480. The second-order valence-electron chi connectivity index (χ2n) is 2.52. The van der Waals surface area contributed by atoms with Crippen LogP contribution in [0.4, 0.5) is 0 Å². The molecule has 58 valence electrons. The summed E-state index contributed by atoms with van der Waals surface area (Å²) < 4.78 is 0. The van der Waals surface area contributed by atoms with Crippen LogP contribution in [0.15, 0.2) is 4.99 Å². The third-order valence-electron chi connectivity index (χ3n) is 1.23. The fraction of sp³-hybridized carbons (Fsp3) is 0.833. The van der Waals surface area contributed by atoms with Crippen molar-refractivity contribution < 1.29 is 0 Å². The van der Waals surface area contributed by atoms with Crippen molar-refractivity contribution in [1.82, 2.24) is 15.8 Å². The Morgan fingerprint density at radius 1 is 1.60 bits per heavy atom. The molecule has 0 aromatic heterocycles. The van der Waals surface area contributed by atoms with Crippen molar-refractivity contribution in [3.8, 4) is 0 Å². The van der Waals surface area contributed by atoms with Crippen LogP contribution in [0.25, 0.3) is 0 Å². The van der Waals surface area contributed by atoms with E-state index in [-0.39, 0.29) is 0 Å². The van der Waals surface area contributed by atoms with Gasteiger partial charge in [-0.3, -0.25) is 10.4 Å². The largest absolute Gasteiger partial charge is 0.355 e. The van der Waals surface area contributed by atoms with E-state index in [1.54, 1.807) is 0 Å². The summed E-state index contributed by atoms with van der Waals surface area (Å²) in [5, 5.41) is 5.02. The molecular weight excluding hydrogens is 128 g/mol. The van der Waals surface area contributed by atoms with Gasteiger partial charge >= 0.3 is 0 Å². The number of hydrogen-bond acceptors (Lipinski definition) is 4. The van der Waals surface area contributed by atoms with Gasteiger partial charge < -0.3 is 5.32 Å². The Hall–Kier alpha value is -0.770. The van der Waals surface area contributed by atoms with Gasteiger partial charge in [0.15, 0.2) is 0 Å². The Balaban J connectivity index is 2.31. The molecule has 2 N–H and O–H groups in total. The van der Waals surface area contributed by atoms with Crippen molar-refractivity contribution in [2.24, 2.45) is 4.99 Å². The molecule has 0 amide bonds. The summed E-state index contributed by atoms with van der Waals surface area (Å²) in [5.74, 6) is 0.885. The van der Waals surface area contributed by atoms with E-state index in [2.05, 4.69) is 15.7 Å². The first-order valence-corrected chi connectivity index (χ1v) is 3.51. The van der Waals surface area contributed by atoms with Crippen molar-refractivity contribution >= 4 is 5.96 Å². The monoisotopic (exact) mass is 142 g/mol. The van der Waals surface area contributed by atoms with E-state index in [9.17, 15) is 0 Å². The fourth-order valence-corrected chi connectivity index (χ4v) is 0.819. The molecule has 4 nitrogen and oxygen atoms in total. The van der Waals surface area contributed by atoms with E-state index in [1.165, 1.54) is 0 Å². The molecule has 0 aromatic carbocycles. The van der Waals surface area contributed by atoms with E-state index in [0.29, 0.717) is 0 Å². The Morgan fingerprint density at radius 2 is 2.40 bits per heavy atom. The molecule has 1 heterocycles. The predicted octanol–water partition coefficient (Wildman–Crippen LogP) is -0.598. The van der Waals surface area contributed by atoms with Gasteiger partial charge in [0.2, 0.25) is 5.96 Å². The van der Waals surface area contributed by atoms with Gasteiger partial charge in [-0.1, -0.05) is 0 Å². The second-order valence-corrected chi connectivity index (χ2v) is 2.52. The van der Waals surface area contributed by atoms with Crippen LogP contribution >= 0.6 is 0 Å². The highest BCUT2D eigenvalue weighted by atomic mass is 15.5. The number of nitrogens with zero attached hydrogens (tertiary/aromatic N) is 2. The van der Waals surface area contributed by atoms with E-state index >= 15 is 0 Å². The van der Waals surface area contributed by atoms with Crippen molar-refractivity contribution in [2.75, 3.05) is 27.2 Å². The van der Waals surface area contributed by atoms with Crippen molar-refractivity contribution in [1.29, 1.82) is 0 Å². The van der Waals surface area contributed by atoms with Crippen LogP contribution < -0.4 is 10.7 Å². The number of hydrogen-bond donors (Lipinski definition) is 2. The summed E-state index contributed by atoms with van der Waals surface area (Å²) in [6.07, 6.45) is 1.14. The minimum absolute atomic E-state index is 0.885. The first-order valence-electron chi connectivity index (χ1n) is 3.51. The average molecular weight is 142 g/mol. The lowest BCUT2D eigenvalue weighted by Crippen LogP contribution is -2.46. The highest BCUT2D eigenvalue weighted by Crippen LogP contribution is 1.86. The zero-order valence-corrected chi connectivity index (χ0v) is 6.52. The van der Waals surface area contributed by atoms with Gasteiger partial charge in [0.05, 0.1) is 0 Å². The lowest BCUT2D eigenvalue weighted by atomic mass is 10.4. The van der Waals surface area contributed by atoms with Crippen molar-refractivity contribution in [3.63, 3.8) is 0 Å². The zero-order chi connectivity index (χ0) is 7.40. The summed E-state index contributed by atoms with van der Waals surface area (Å²) in [6.45, 7) is 1.96. The van der Waals surface area contributed by atoms with Gasteiger partial charge in [-0.05, 0) is 6.42 Å². The Labute approximate surface area is 61.3 Å². The van der Waals surface area contributed by atoms with Gasteiger partial charge in [0.1, 0.15) is 0 Å². The third kappa shape index (κ3) is 2.23. The molecule has 1 rings (SSSR count). The minimum atomic E-state index is 0.885. The molecule has 0 atom stereocenters. The van der Waals surface area contributed by atoms with Crippen LogP contribution in [-0.4, -0.2) is 38.2 Å². The molecule has 0 saturated heterocycles. The first kappa shape index (κ1) is 7.34. The maximum atomic E-state index is 4.22. The van der Waals surface area contributed by atoms with Crippen molar-refractivity contribution in [2.45, 2.75) is 6.42 Å². The number of nitrogens with one attached hydrogen (secondary N) is 2. The summed E-state index contributed by atoms with van der Waals surface area (Å²) in [5.41, 5.74) is 3.05. The number of rotatable bonds is 1. The molecule has 4 heteroatoms. The molecule has 0 saturated carbocycles. The fourth-order valence-electron chi connectivity index (χ4n) is 0.819. The standard InChI is InChI=1S/C6H14N4/c1-10(2)9-6-7-4-3-5-8-6/h3-5H2,1-2H3,(H2,7,8,9). The van der Waals surface area contributed by atoms with Crippen LogP contribution in [0.5, 0.6) is 0 Å². The van der Waals surface area contributed by atoms with Crippen LogP contribution in [0.2, 0.25) is 0 Å². The summed E-state index contributed by atoms with van der Waals surface area (Å²) in [4.78, 5) is 4.22. The highest BCUT2D eigenvalue weighted by molar-refractivity contribution is 5.79. The van der Waals surface area contributed by atoms with Crippen LogP contribution in [0, 0.1) is 0 Å². The third-order valence-corrected chi connectivity index (χ3v) is 1.23. The summed E-state index contributed by atoms with van der Waals surface area (Å²) in [7, 11) is 3.89. The maximum absolute atomic E-state index is 4.22. The molecule has 0 fully saturated rings. The summed E-state index contributed by atoms with van der Waals surface area (Å²) in [6, 6.07) is 0. The van der Waals surface area contributed by atoms with Gasteiger partial charge in [0.25, 0.3) is 0 Å². The SMILES string of the molecule is CN(C)NC1=NCCCN1. The zero-order valence-electron chi connectivity index (χ0n) is 6.52. The van der Waals surface area contributed by atoms with E-state index in [1.807, 2.05) is 19.1 Å². The van der Waals surface area contributed by atoms with Crippen LogP contribution in [0.1, 0.15) is 6.42 Å². The highest BCUT2D eigenvalue weighted by Gasteiger charge is 2.01. The summed E-state index contributed by atoms with van der Waals surface area (Å²) >= 11 is 0. The second kappa shape index (κ2) is 3.41. The molecule has 0 bridgehead atoms. The predicted molar refractivity (Wildman–Crippen MR) is 41.7 cm³/mol. The molecule has 0 radical (unpaired) electrons. The molecule has 1 aliphatic rings. The molecule has 0 unspecified atom stereocenters. The lowest BCUT2D eigenvalue weighted by molar-refractivity contribution is 0.353. The molecule has 0 aromatic rings. The molecule has 10 heavy (non-hydrogen) atoms. The smallest absolute Gasteiger partial charge is 0.206 e. The number of hydrazine groups is 1. The Morgan fingerprint density at radius 3 is 2.90 bits per heavy atom.